The number of rotatable bonds is 12. The van der Waals surface area contributed by atoms with Crippen LogP contribution in [0, 0.1) is 18.8 Å². The molecule has 0 bridgehead atoms. The molecule has 1 saturated carbocycles. The van der Waals surface area contributed by atoms with Crippen LogP contribution in [0.3, 0.4) is 0 Å². The number of aryl methyl sites for hydroxylation is 1. The predicted octanol–water partition coefficient (Wildman–Crippen LogP) is 8.11. The monoisotopic (exact) mass is 1010 g/mol. The fourth-order valence-electron chi connectivity index (χ4n) is 9.60. The van der Waals surface area contributed by atoms with E-state index < -0.39 is 50.3 Å². The van der Waals surface area contributed by atoms with Gasteiger partial charge in [0.15, 0.2) is 15.7 Å². The number of piperidine rings is 2. The molecule has 1 aliphatic carbocycles. The van der Waals surface area contributed by atoms with Gasteiger partial charge in [0.2, 0.25) is 17.8 Å². The van der Waals surface area contributed by atoms with Gasteiger partial charge in [-0.3, -0.25) is 29.4 Å². The minimum atomic E-state index is -3.58. The summed E-state index contributed by atoms with van der Waals surface area (Å²) in [4.78, 5) is 63.6. The van der Waals surface area contributed by atoms with Crippen LogP contribution in [0.2, 0.25) is 5.02 Å². The number of halogens is 2. The molecule has 4 amide bonds. The molecule has 18 heteroatoms. The van der Waals surface area contributed by atoms with Gasteiger partial charge in [-0.25, -0.2) is 17.7 Å². The van der Waals surface area contributed by atoms with Crippen molar-refractivity contribution in [1.82, 2.24) is 29.4 Å². The van der Waals surface area contributed by atoms with E-state index in [1.807, 2.05) is 6.92 Å². The number of nitrogens with one attached hydrogen (secondary N) is 4. The number of ether oxygens (including phenoxy) is 1. The number of imide groups is 2. The molecular formula is C49H54BrClN8O7S. The van der Waals surface area contributed by atoms with Gasteiger partial charge in [-0.15, -0.1) is 0 Å². The lowest BCUT2D eigenvalue weighted by atomic mass is 9.85. The summed E-state index contributed by atoms with van der Waals surface area (Å²) in [7, 11) is -3.58. The molecule has 4 aliphatic rings. The number of hydrogen-bond acceptors (Lipinski definition) is 13. The number of carbonyl (C=O) groups excluding carboxylic acids is 4. The van der Waals surface area contributed by atoms with E-state index in [1.54, 1.807) is 56.3 Å². The van der Waals surface area contributed by atoms with Gasteiger partial charge in [0.1, 0.15) is 16.8 Å². The summed E-state index contributed by atoms with van der Waals surface area (Å²) >= 11 is 10.1. The number of anilines is 4. The topological polar surface area (TPSA) is 192 Å². The highest BCUT2D eigenvalue weighted by Gasteiger charge is 2.45. The van der Waals surface area contributed by atoms with Crippen LogP contribution in [-0.2, 0) is 19.4 Å². The van der Waals surface area contributed by atoms with Crippen LogP contribution in [0.4, 0.5) is 23.1 Å². The van der Waals surface area contributed by atoms with E-state index in [2.05, 4.69) is 82.2 Å². The third kappa shape index (κ3) is 10.1. The lowest BCUT2D eigenvalue weighted by molar-refractivity contribution is -0.136. The lowest BCUT2D eigenvalue weighted by Gasteiger charge is -2.38. The number of amides is 4. The van der Waals surface area contributed by atoms with Crippen molar-refractivity contribution in [2.45, 2.75) is 119 Å². The number of hydrogen-bond donors (Lipinski definition) is 4. The predicted molar refractivity (Wildman–Crippen MR) is 260 cm³/mol. The Hall–Kier alpha value is -5.38. The van der Waals surface area contributed by atoms with Gasteiger partial charge in [0, 0.05) is 34.2 Å². The molecule has 1 aromatic heterocycles. The Labute approximate surface area is 404 Å². The van der Waals surface area contributed by atoms with Crippen molar-refractivity contribution in [3.63, 3.8) is 0 Å². The van der Waals surface area contributed by atoms with Crippen molar-refractivity contribution < 1.29 is 32.3 Å². The van der Waals surface area contributed by atoms with E-state index in [4.69, 9.17) is 16.3 Å². The van der Waals surface area contributed by atoms with E-state index in [1.165, 1.54) is 11.8 Å². The zero-order valence-corrected chi connectivity index (χ0v) is 41.0. The molecule has 0 radical (unpaired) electrons. The summed E-state index contributed by atoms with van der Waals surface area (Å²) in [6.45, 7) is 9.73. The fraction of sp³-hybridized carbons (Fsp3) is 0.429. The molecule has 2 saturated heterocycles. The minimum Gasteiger partial charge on any atom is -0.492 e. The Morgan fingerprint density at radius 2 is 1.72 bits per heavy atom. The van der Waals surface area contributed by atoms with Gasteiger partial charge in [-0.2, -0.15) is 4.98 Å². The molecule has 3 fully saturated rings. The van der Waals surface area contributed by atoms with Crippen molar-refractivity contribution >= 4 is 84.4 Å². The summed E-state index contributed by atoms with van der Waals surface area (Å²) in [5.74, 6) is 6.16. The highest BCUT2D eigenvalue weighted by atomic mass is 79.9. The van der Waals surface area contributed by atoms with Crippen LogP contribution in [0.25, 0.3) is 0 Å². The van der Waals surface area contributed by atoms with Crippen LogP contribution < -0.4 is 25.0 Å². The van der Waals surface area contributed by atoms with Crippen LogP contribution in [0.1, 0.15) is 122 Å². The molecule has 15 nitrogen and oxygen atoms in total. The Balaban J connectivity index is 0.902. The number of benzene rings is 3. The van der Waals surface area contributed by atoms with E-state index in [0.717, 1.165) is 68.5 Å². The van der Waals surface area contributed by atoms with Gasteiger partial charge in [0.05, 0.1) is 51.0 Å². The zero-order valence-electron chi connectivity index (χ0n) is 37.9. The molecule has 4 N–H and O–H groups in total. The average molecular weight is 1010 g/mol. The molecule has 3 atom stereocenters. The van der Waals surface area contributed by atoms with Crippen molar-refractivity contribution in [1.29, 1.82) is 0 Å². The average Bonchev–Trinajstić information content (AvgIpc) is 3.42. The summed E-state index contributed by atoms with van der Waals surface area (Å²) in [6.07, 6.45) is 8.26. The number of carbonyl (C=O) groups is 4. The fourth-order valence-corrected chi connectivity index (χ4v) is 11.4. The lowest BCUT2D eigenvalue weighted by Crippen LogP contribution is -2.54. The van der Waals surface area contributed by atoms with Crippen molar-refractivity contribution in [2.24, 2.45) is 0 Å². The van der Waals surface area contributed by atoms with Gasteiger partial charge < -0.3 is 20.3 Å². The van der Waals surface area contributed by atoms with E-state index in [9.17, 15) is 27.6 Å². The first-order valence-corrected chi connectivity index (χ1v) is 25.5. The maximum Gasteiger partial charge on any atom is 0.262 e. The summed E-state index contributed by atoms with van der Waals surface area (Å²) in [6, 6.07) is 15.2. The van der Waals surface area contributed by atoms with Gasteiger partial charge in [-0.05, 0) is 152 Å². The van der Waals surface area contributed by atoms with Crippen molar-refractivity contribution in [3.05, 3.63) is 93.6 Å². The quantitative estimate of drug-likeness (QED) is 0.0461. The molecule has 4 aromatic rings. The first-order chi connectivity index (χ1) is 32.1. The van der Waals surface area contributed by atoms with Gasteiger partial charge in [0.25, 0.3) is 11.8 Å². The first-order valence-electron chi connectivity index (χ1n) is 22.8. The SMILES string of the molecule is CCOc1cc(C2CCN(C3CCCC(C#Cc4ccc5c(c4)C(=O)N(C4CCC(=O)NC4=O)C5=O)(NBr)CC3)CC2)c(C)cc1Nc1ncc(Cl)c(Nc2ccccc2S(=O)(=O)C(C)C)n1. The molecule has 3 aliphatic heterocycles. The van der Waals surface area contributed by atoms with Gasteiger partial charge in [-0.1, -0.05) is 35.6 Å². The Morgan fingerprint density at radius 3 is 2.45 bits per heavy atom. The summed E-state index contributed by atoms with van der Waals surface area (Å²) in [5, 5.41) is 8.29. The number of nitrogens with zero attached hydrogens (tertiary/aromatic N) is 4. The van der Waals surface area contributed by atoms with Crippen LogP contribution in [0.5, 0.6) is 5.75 Å². The maximum absolute atomic E-state index is 13.4. The second-order valence-corrected chi connectivity index (χ2v) is 21.2. The Bertz CT molecular complexity index is 2790. The molecule has 3 aromatic carbocycles. The van der Waals surface area contributed by atoms with Gasteiger partial charge >= 0.3 is 0 Å². The highest BCUT2D eigenvalue weighted by molar-refractivity contribution is 9.08. The molecule has 0 spiro atoms. The Morgan fingerprint density at radius 1 is 0.955 bits per heavy atom. The maximum atomic E-state index is 13.4. The number of aromatic nitrogens is 2. The first kappa shape index (κ1) is 48.1. The molecular weight excluding hydrogens is 960 g/mol. The van der Waals surface area contributed by atoms with Crippen LogP contribution >= 0.6 is 27.7 Å². The van der Waals surface area contributed by atoms with Crippen molar-refractivity contribution in [2.75, 3.05) is 30.3 Å². The number of para-hydroxylation sites is 1. The zero-order chi connectivity index (χ0) is 47.6. The third-order valence-corrected chi connectivity index (χ3v) is 16.6. The standard InChI is InChI=1S/C49H54BrClN8O7S/c1-5-66-41-27-35(30(4)25-39(41)54-48-52-28-37(51)44(56-48)53-38-10-6-7-11-42(38)67(64,65)29(2)3)32-18-23-58(24-19-32)33-9-8-20-49(57-50,22-17-33)21-16-31-12-13-34-36(26-31)47(63)59(46(34)62)40-14-15-43(60)55-45(40)61/h6-7,10-13,25-29,32-33,40,57H,5,8-9,14-15,17-20,22-24H2,1-4H3,(H,55,60,61)(H2,52,53,54,56). The number of likely N-dealkylation sites (tertiary alicyclic amines) is 1. The van der Waals surface area contributed by atoms with Crippen LogP contribution in [-0.4, -0.2) is 94.4 Å². The highest BCUT2D eigenvalue weighted by Crippen LogP contribution is 2.40. The smallest absolute Gasteiger partial charge is 0.262 e. The summed E-state index contributed by atoms with van der Waals surface area (Å²) in [5.41, 5.74) is 3.98. The van der Waals surface area contributed by atoms with E-state index >= 15 is 0 Å². The Kier molecular flexibility index (Phi) is 14.4. The van der Waals surface area contributed by atoms with E-state index in [-0.39, 0.29) is 45.7 Å². The minimum absolute atomic E-state index is 0.0613. The molecule has 352 valence electrons. The second-order valence-electron chi connectivity index (χ2n) is 17.9. The molecule has 8 rings (SSSR count). The van der Waals surface area contributed by atoms with Crippen molar-refractivity contribution in [3.8, 4) is 17.6 Å². The normalized spacial score (nSPS) is 21.6. The van der Waals surface area contributed by atoms with Crippen LogP contribution in [0.15, 0.2) is 65.7 Å². The molecule has 67 heavy (non-hydrogen) atoms. The van der Waals surface area contributed by atoms with E-state index in [0.29, 0.717) is 41.3 Å². The largest absolute Gasteiger partial charge is 0.492 e. The third-order valence-electron chi connectivity index (χ3n) is 13.3. The number of sulfone groups is 1. The second kappa shape index (κ2) is 20.1. The number of fused-ring (bicyclic) bond motifs is 1. The summed E-state index contributed by atoms with van der Waals surface area (Å²) < 4.78 is 35.7. The molecule has 4 heterocycles. The molecule has 3 unspecified atom stereocenters.